The van der Waals surface area contributed by atoms with Crippen molar-refractivity contribution in [2.24, 2.45) is 0 Å². The molecule has 0 fully saturated rings. The van der Waals surface area contributed by atoms with Gasteiger partial charge in [0, 0.05) is 22.3 Å². The molecule has 0 bridgehead atoms. The maximum absolute atomic E-state index is 13.3. The van der Waals surface area contributed by atoms with Crippen molar-refractivity contribution in [3.05, 3.63) is 59.3 Å². The molecular weight excluding hydrogens is 350 g/mol. The number of halogens is 3. The summed E-state index contributed by atoms with van der Waals surface area (Å²) in [6.45, 7) is 1.98. The van der Waals surface area contributed by atoms with Gasteiger partial charge in [0.15, 0.2) is 0 Å². The van der Waals surface area contributed by atoms with E-state index in [9.17, 15) is 4.39 Å². The van der Waals surface area contributed by atoms with Crippen molar-refractivity contribution in [2.75, 3.05) is 5.32 Å². The second kappa shape index (κ2) is 6.26. The van der Waals surface area contributed by atoms with E-state index in [1.165, 1.54) is 6.07 Å². The van der Waals surface area contributed by atoms with Gasteiger partial charge in [-0.25, -0.2) is 14.4 Å². The van der Waals surface area contributed by atoms with Gasteiger partial charge in [-0.2, -0.15) is 0 Å². The number of nitrogens with one attached hydrogen (secondary N) is 2. The number of anilines is 2. The van der Waals surface area contributed by atoms with Crippen molar-refractivity contribution in [2.45, 2.75) is 6.92 Å². The molecule has 0 aliphatic carbocycles. The van der Waals surface area contributed by atoms with Gasteiger partial charge in [-0.3, -0.25) is 0 Å². The highest BCUT2D eigenvalue weighted by atomic mass is 35.5. The lowest BCUT2D eigenvalue weighted by Gasteiger charge is -2.12. The number of aryl methyl sites for hydroxylation is 1. The summed E-state index contributed by atoms with van der Waals surface area (Å²) in [7, 11) is 0. The summed E-state index contributed by atoms with van der Waals surface area (Å²) in [5, 5.41) is 4.32. The lowest BCUT2D eigenvalue weighted by Crippen LogP contribution is -1.96. The first kappa shape index (κ1) is 16.5. The zero-order valence-corrected chi connectivity index (χ0v) is 14.2. The minimum atomic E-state index is -0.441. The molecule has 4 rings (SSSR count). The highest BCUT2D eigenvalue weighted by Crippen LogP contribution is 2.32. The molecule has 0 unspecified atom stereocenters. The Morgan fingerprint density at radius 2 is 1.96 bits per heavy atom. The van der Waals surface area contributed by atoms with Crippen molar-refractivity contribution >= 4 is 57.3 Å². The molecule has 122 valence electrons. The van der Waals surface area contributed by atoms with Crippen molar-refractivity contribution in [1.29, 1.82) is 0 Å². The lowest BCUT2D eigenvalue weighted by molar-refractivity contribution is 0.628. The number of benzene rings is 2. The second-order valence-corrected chi connectivity index (χ2v) is 5.76. The third kappa shape index (κ3) is 2.77. The molecule has 0 saturated heterocycles. The van der Waals surface area contributed by atoms with Crippen LogP contribution in [-0.4, -0.2) is 15.0 Å². The monoisotopic (exact) mass is 362 g/mol. The number of hydrogen-bond acceptors (Lipinski definition) is 3. The lowest BCUT2D eigenvalue weighted by atomic mass is 10.1. The van der Waals surface area contributed by atoms with E-state index in [0.717, 1.165) is 33.3 Å². The molecule has 0 aliphatic rings. The average molecular weight is 363 g/mol. The van der Waals surface area contributed by atoms with Gasteiger partial charge in [-0.05, 0) is 43.3 Å². The third-order valence-electron chi connectivity index (χ3n) is 3.70. The Bertz CT molecular complexity index is 1050. The molecule has 0 radical (unpaired) electrons. The Hall–Kier alpha value is -2.37. The van der Waals surface area contributed by atoms with Crippen molar-refractivity contribution in [1.82, 2.24) is 15.0 Å². The first-order valence-electron chi connectivity index (χ1n) is 7.07. The number of hydrogen-bond donors (Lipinski definition) is 2. The van der Waals surface area contributed by atoms with Crippen molar-refractivity contribution < 1.29 is 4.39 Å². The fraction of sp³-hybridized carbons (Fsp3) is 0.0588. The molecule has 4 nitrogen and oxygen atoms in total. The van der Waals surface area contributed by atoms with Crippen LogP contribution in [0, 0.1) is 12.7 Å². The topological polar surface area (TPSA) is 53.6 Å². The Labute approximate surface area is 148 Å². The van der Waals surface area contributed by atoms with Gasteiger partial charge in [0.25, 0.3) is 0 Å². The number of nitrogens with zero attached hydrogens (tertiary/aromatic N) is 2. The maximum atomic E-state index is 13.3. The molecule has 2 N–H and O–H groups in total. The summed E-state index contributed by atoms with van der Waals surface area (Å²) in [6, 6.07) is 10.4. The van der Waals surface area contributed by atoms with Gasteiger partial charge in [-0.15, -0.1) is 12.4 Å². The molecule has 0 spiro atoms. The summed E-state index contributed by atoms with van der Waals surface area (Å²) in [5.41, 5.74) is 5.16. The first-order chi connectivity index (χ1) is 11.1. The molecule has 7 heteroatoms. The largest absolute Gasteiger partial charge is 0.358 e. The molecule has 0 aliphatic heterocycles. The van der Waals surface area contributed by atoms with Crippen LogP contribution in [0.4, 0.5) is 15.8 Å². The van der Waals surface area contributed by atoms with E-state index in [4.69, 9.17) is 11.6 Å². The van der Waals surface area contributed by atoms with Gasteiger partial charge >= 0.3 is 0 Å². The minimum absolute atomic E-state index is 0. The fourth-order valence-corrected chi connectivity index (χ4v) is 2.89. The van der Waals surface area contributed by atoms with E-state index in [2.05, 4.69) is 20.3 Å². The van der Waals surface area contributed by atoms with Crippen LogP contribution in [0.25, 0.3) is 21.9 Å². The minimum Gasteiger partial charge on any atom is -0.358 e. The van der Waals surface area contributed by atoms with Crippen LogP contribution < -0.4 is 5.32 Å². The molecule has 0 atom stereocenters. The molecule has 2 aromatic heterocycles. The number of aromatic amines is 1. The highest BCUT2D eigenvalue weighted by molar-refractivity contribution is 6.31. The van der Waals surface area contributed by atoms with Gasteiger partial charge in [0.05, 0.1) is 16.2 Å². The quantitative estimate of drug-likeness (QED) is 0.503. The number of H-pyrrole nitrogens is 1. The van der Waals surface area contributed by atoms with E-state index in [1.807, 2.05) is 25.1 Å². The summed E-state index contributed by atoms with van der Waals surface area (Å²) >= 11 is 5.86. The van der Waals surface area contributed by atoms with Crippen molar-refractivity contribution in [3.63, 3.8) is 0 Å². The predicted octanol–water partition coefficient (Wildman–Crippen LogP) is 5.38. The molecule has 24 heavy (non-hydrogen) atoms. The van der Waals surface area contributed by atoms with E-state index in [1.54, 1.807) is 18.5 Å². The van der Waals surface area contributed by atoms with E-state index in [-0.39, 0.29) is 17.4 Å². The fourth-order valence-electron chi connectivity index (χ4n) is 2.71. The summed E-state index contributed by atoms with van der Waals surface area (Å²) < 4.78 is 13.3. The van der Waals surface area contributed by atoms with Gasteiger partial charge in [0.2, 0.25) is 0 Å². The van der Waals surface area contributed by atoms with E-state index >= 15 is 0 Å². The zero-order valence-electron chi connectivity index (χ0n) is 12.6. The van der Waals surface area contributed by atoms with Crippen LogP contribution in [0.15, 0.2) is 42.7 Å². The van der Waals surface area contributed by atoms with Crippen LogP contribution in [0.3, 0.4) is 0 Å². The molecule has 0 amide bonds. The van der Waals surface area contributed by atoms with Crippen LogP contribution in [0.1, 0.15) is 5.69 Å². The summed E-state index contributed by atoms with van der Waals surface area (Å²) in [6.07, 6.45) is 1.54. The summed E-state index contributed by atoms with van der Waals surface area (Å²) in [5.74, 6) is -0.441. The number of aromatic nitrogens is 3. The Morgan fingerprint density at radius 3 is 2.75 bits per heavy atom. The van der Waals surface area contributed by atoms with Gasteiger partial charge in [0.1, 0.15) is 17.7 Å². The van der Waals surface area contributed by atoms with Crippen LogP contribution in [-0.2, 0) is 0 Å². The number of pyridine rings is 1. The zero-order chi connectivity index (χ0) is 16.0. The van der Waals surface area contributed by atoms with Gasteiger partial charge < -0.3 is 10.3 Å². The van der Waals surface area contributed by atoms with Gasteiger partial charge in [-0.1, -0.05) is 11.6 Å². The number of imidazole rings is 1. The Morgan fingerprint density at radius 1 is 1.12 bits per heavy atom. The second-order valence-electron chi connectivity index (χ2n) is 5.35. The Kier molecular flexibility index (Phi) is 4.30. The Balaban J connectivity index is 0.00000169. The maximum Gasteiger partial charge on any atom is 0.141 e. The SMILES string of the molecule is Cc1cc(Nc2ccc(F)c(Cl)c2)c2c(ccc3ncnc32)[nH]1.Cl. The first-order valence-corrected chi connectivity index (χ1v) is 7.45. The number of fused-ring (bicyclic) bond motifs is 3. The average Bonchev–Trinajstić information content (AvgIpc) is 2.99. The van der Waals surface area contributed by atoms with E-state index < -0.39 is 5.82 Å². The molecule has 0 saturated carbocycles. The highest BCUT2D eigenvalue weighted by Gasteiger charge is 2.11. The molecule has 4 aromatic rings. The van der Waals surface area contributed by atoms with Crippen LogP contribution >= 0.6 is 24.0 Å². The summed E-state index contributed by atoms with van der Waals surface area (Å²) in [4.78, 5) is 11.9. The normalized spacial score (nSPS) is 10.8. The molecular formula is C17H13Cl2FN4. The third-order valence-corrected chi connectivity index (χ3v) is 3.99. The smallest absolute Gasteiger partial charge is 0.141 e. The van der Waals surface area contributed by atoms with Crippen LogP contribution in [0.5, 0.6) is 0 Å². The molecule has 2 aromatic carbocycles. The number of rotatable bonds is 2. The standard InChI is InChI=1S/C17H12ClFN4.ClH/c1-9-6-15(23-10-2-3-12(19)11(18)7-10)16-13(22-9)4-5-14-17(16)21-8-20-14;/h2-8,22-23H,1H3;1H. The molecule has 2 heterocycles. The predicted molar refractivity (Wildman–Crippen MR) is 98.1 cm³/mol. The van der Waals surface area contributed by atoms with E-state index in [0.29, 0.717) is 5.69 Å². The van der Waals surface area contributed by atoms with Crippen molar-refractivity contribution in [3.8, 4) is 0 Å². The van der Waals surface area contributed by atoms with Crippen LogP contribution in [0.2, 0.25) is 5.02 Å².